The highest BCUT2D eigenvalue weighted by Gasteiger charge is 2.25. The zero-order valence-corrected chi connectivity index (χ0v) is 11.9. The Hall–Kier alpha value is -2.48. The Balaban J connectivity index is 2.04. The van der Waals surface area contributed by atoms with Gasteiger partial charge in [0, 0.05) is 25.6 Å². The first-order valence-corrected chi connectivity index (χ1v) is 6.89. The summed E-state index contributed by atoms with van der Waals surface area (Å²) in [7, 11) is 0. The lowest BCUT2D eigenvalue weighted by Crippen LogP contribution is -2.42. The number of benzene rings is 1. The Morgan fingerprint density at radius 3 is 2.76 bits per heavy atom. The largest absolute Gasteiger partial charge is 0.478 e. The number of carbonyl (C=O) groups is 2. The van der Waals surface area contributed by atoms with Crippen LogP contribution in [0.4, 0.5) is 4.79 Å². The molecule has 2 rings (SSSR count). The maximum atomic E-state index is 12.2. The van der Waals surface area contributed by atoms with E-state index in [9.17, 15) is 9.59 Å². The number of nitrogens with one attached hydrogen (secondary N) is 1. The average Bonchev–Trinajstić information content (AvgIpc) is 2.89. The third kappa shape index (κ3) is 3.34. The highest BCUT2D eigenvalue weighted by Crippen LogP contribution is 2.24. The summed E-state index contributed by atoms with van der Waals surface area (Å²) in [4.78, 5) is 24.8. The van der Waals surface area contributed by atoms with E-state index < -0.39 is 5.97 Å². The second kappa shape index (κ2) is 6.31. The summed E-state index contributed by atoms with van der Waals surface area (Å²) in [5.41, 5.74) is 2.12. The van der Waals surface area contributed by atoms with Gasteiger partial charge in [0.1, 0.15) is 0 Å². The predicted molar refractivity (Wildman–Crippen MR) is 78.7 cm³/mol. The van der Waals surface area contributed by atoms with Crippen LogP contribution in [0, 0.1) is 12.3 Å². The number of terminal acetylenes is 1. The van der Waals surface area contributed by atoms with Crippen molar-refractivity contribution in [1.82, 2.24) is 10.2 Å². The molecule has 5 heteroatoms. The van der Waals surface area contributed by atoms with Crippen LogP contribution in [-0.2, 0) is 13.1 Å². The zero-order chi connectivity index (χ0) is 15.4. The number of hydrogen-bond acceptors (Lipinski definition) is 2. The molecule has 110 valence electrons. The highest BCUT2D eigenvalue weighted by atomic mass is 16.4. The van der Waals surface area contributed by atoms with Crippen molar-refractivity contribution in [3.05, 3.63) is 34.9 Å². The van der Waals surface area contributed by atoms with Gasteiger partial charge in [-0.05, 0) is 29.7 Å². The molecule has 1 heterocycles. The summed E-state index contributed by atoms with van der Waals surface area (Å²) in [6, 6.07) is 4.77. The third-order valence-corrected chi connectivity index (χ3v) is 3.65. The maximum absolute atomic E-state index is 12.2. The molecule has 0 saturated carbocycles. The molecule has 0 bridgehead atoms. The van der Waals surface area contributed by atoms with Gasteiger partial charge in [0.15, 0.2) is 0 Å². The summed E-state index contributed by atoms with van der Waals surface area (Å²) >= 11 is 0. The van der Waals surface area contributed by atoms with E-state index in [0.717, 1.165) is 17.5 Å². The highest BCUT2D eigenvalue weighted by molar-refractivity contribution is 5.88. The molecule has 0 saturated heterocycles. The van der Waals surface area contributed by atoms with E-state index in [1.165, 1.54) is 0 Å². The molecular weight excluding hydrogens is 268 g/mol. The molecule has 0 fully saturated rings. The van der Waals surface area contributed by atoms with Gasteiger partial charge in [0.2, 0.25) is 0 Å². The smallest absolute Gasteiger partial charge is 0.335 e. The topological polar surface area (TPSA) is 69.6 Å². The molecule has 1 aliphatic rings. The molecular formula is C16H18N2O3. The van der Waals surface area contributed by atoms with E-state index in [4.69, 9.17) is 11.5 Å². The predicted octanol–water partition coefficient (Wildman–Crippen LogP) is 2.21. The molecule has 1 aromatic carbocycles. The van der Waals surface area contributed by atoms with Crippen LogP contribution in [-0.4, -0.2) is 28.0 Å². The van der Waals surface area contributed by atoms with E-state index in [-0.39, 0.29) is 17.6 Å². The van der Waals surface area contributed by atoms with Gasteiger partial charge in [-0.1, -0.05) is 13.0 Å². The molecule has 1 aliphatic heterocycles. The number of amides is 2. The number of urea groups is 1. The Labute approximate surface area is 124 Å². The Kier molecular flexibility index (Phi) is 4.49. The van der Waals surface area contributed by atoms with E-state index in [1.54, 1.807) is 23.1 Å². The van der Waals surface area contributed by atoms with Gasteiger partial charge >= 0.3 is 12.0 Å². The van der Waals surface area contributed by atoms with Crippen LogP contribution in [0.25, 0.3) is 0 Å². The third-order valence-electron chi connectivity index (χ3n) is 3.65. The molecule has 1 unspecified atom stereocenters. The molecule has 0 aromatic heterocycles. The summed E-state index contributed by atoms with van der Waals surface area (Å²) in [5, 5.41) is 11.9. The average molecular weight is 286 g/mol. The Bertz CT molecular complexity index is 604. The summed E-state index contributed by atoms with van der Waals surface area (Å²) in [6.45, 7) is 2.89. The van der Waals surface area contributed by atoms with E-state index >= 15 is 0 Å². The molecule has 0 spiro atoms. The van der Waals surface area contributed by atoms with Crippen molar-refractivity contribution < 1.29 is 14.7 Å². The number of aromatic carboxylic acids is 1. The van der Waals surface area contributed by atoms with Gasteiger partial charge in [0.05, 0.1) is 5.56 Å². The minimum Gasteiger partial charge on any atom is -0.478 e. The maximum Gasteiger partial charge on any atom is 0.335 e. The minimum atomic E-state index is -0.958. The lowest BCUT2D eigenvalue weighted by Gasteiger charge is -2.21. The van der Waals surface area contributed by atoms with Crippen molar-refractivity contribution in [2.24, 2.45) is 0 Å². The first-order chi connectivity index (χ1) is 10.0. The van der Waals surface area contributed by atoms with Crippen LogP contribution in [0.1, 0.15) is 41.3 Å². The number of rotatable bonds is 4. The van der Waals surface area contributed by atoms with Crippen molar-refractivity contribution >= 4 is 12.0 Å². The summed E-state index contributed by atoms with van der Waals surface area (Å²) < 4.78 is 0. The number of fused-ring (bicyclic) bond motifs is 1. The van der Waals surface area contributed by atoms with Gasteiger partial charge in [-0.2, -0.15) is 0 Å². The minimum absolute atomic E-state index is 0.0270. The van der Waals surface area contributed by atoms with E-state index in [2.05, 4.69) is 11.2 Å². The lowest BCUT2D eigenvalue weighted by molar-refractivity contribution is 0.0696. The number of carboxylic acid groups (broad SMARTS) is 1. The van der Waals surface area contributed by atoms with Crippen molar-refractivity contribution in [2.45, 2.75) is 38.9 Å². The van der Waals surface area contributed by atoms with Crippen LogP contribution in [0.2, 0.25) is 0 Å². The SMILES string of the molecule is C#CCC(CC)NC(=O)N1Cc2ccc(C(=O)O)cc2C1. The standard InChI is InChI=1S/C16H18N2O3/c1-3-5-14(4-2)17-16(21)18-9-12-7-6-11(15(19)20)8-13(12)10-18/h1,6-8,14H,4-5,9-10H2,2H3,(H,17,21)(H,19,20). The van der Waals surface area contributed by atoms with Crippen LogP contribution in [0.5, 0.6) is 0 Å². The molecule has 21 heavy (non-hydrogen) atoms. The molecule has 5 nitrogen and oxygen atoms in total. The fourth-order valence-corrected chi connectivity index (χ4v) is 2.38. The number of carbonyl (C=O) groups excluding carboxylic acids is 1. The van der Waals surface area contributed by atoms with Crippen molar-refractivity contribution in [2.75, 3.05) is 0 Å². The zero-order valence-electron chi connectivity index (χ0n) is 11.9. The molecule has 0 radical (unpaired) electrons. The molecule has 2 N–H and O–H groups in total. The van der Waals surface area contributed by atoms with Crippen LogP contribution in [0.3, 0.4) is 0 Å². The van der Waals surface area contributed by atoms with Crippen LogP contribution >= 0.6 is 0 Å². The molecule has 2 amide bonds. The number of nitrogens with zero attached hydrogens (tertiary/aromatic N) is 1. The quantitative estimate of drug-likeness (QED) is 0.834. The monoisotopic (exact) mass is 286 g/mol. The summed E-state index contributed by atoms with van der Waals surface area (Å²) in [5.74, 6) is 1.60. The molecule has 0 aliphatic carbocycles. The molecule has 1 atom stereocenters. The fourth-order valence-electron chi connectivity index (χ4n) is 2.38. The van der Waals surface area contributed by atoms with Crippen molar-refractivity contribution in [3.63, 3.8) is 0 Å². The summed E-state index contributed by atoms with van der Waals surface area (Å²) in [6.07, 6.45) is 6.56. The van der Waals surface area contributed by atoms with Gasteiger partial charge in [-0.3, -0.25) is 0 Å². The lowest BCUT2D eigenvalue weighted by atomic mass is 10.1. The van der Waals surface area contributed by atoms with Crippen LogP contribution in [0.15, 0.2) is 18.2 Å². The van der Waals surface area contributed by atoms with Crippen molar-refractivity contribution in [1.29, 1.82) is 0 Å². The van der Waals surface area contributed by atoms with Crippen LogP contribution < -0.4 is 5.32 Å². The van der Waals surface area contributed by atoms with Gasteiger partial charge in [0.25, 0.3) is 0 Å². The van der Waals surface area contributed by atoms with Gasteiger partial charge in [-0.25, -0.2) is 9.59 Å². The second-order valence-corrected chi connectivity index (χ2v) is 5.11. The van der Waals surface area contributed by atoms with E-state index in [0.29, 0.717) is 19.5 Å². The number of carboxylic acids is 1. The molecule has 1 aromatic rings. The first-order valence-electron chi connectivity index (χ1n) is 6.89. The van der Waals surface area contributed by atoms with Gasteiger partial charge < -0.3 is 15.3 Å². The van der Waals surface area contributed by atoms with Gasteiger partial charge in [-0.15, -0.1) is 12.3 Å². The van der Waals surface area contributed by atoms with Crippen molar-refractivity contribution in [3.8, 4) is 12.3 Å². The Morgan fingerprint density at radius 1 is 1.43 bits per heavy atom. The fraction of sp³-hybridized carbons (Fsp3) is 0.375. The Morgan fingerprint density at radius 2 is 2.14 bits per heavy atom. The number of hydrogen-bond donors (Lipinski definition) is 2. The normalized spacial score (nSPS) is 14.2. The van der Waals surface area contributed by atoms with E-state index in [1.807, 2.05) is 6.92 Å². The first kappa shape index (κ1) is 14.9. The second-order valence-electron chi connectivity index (χ2n) is 5.11.